The van der Waals surface area contributed by atoms with Crippen LogP contribution in [0.2, 0.25) is 0 Å². The van der Waals surface area contributed by atoms with Gasteiger partial charge in [0.2, 0.25) is 5.95 Å². The van der Waals surface area contributed by atoms with Gasteiger partial charge in [-0.25, -0.2) is 9.97 Å². The smallest absolute Gasteiger partial charge is 0.225 e. The van der Waals surface area contributed by atoms with Gasteiger partial charge in [0.15, 0.2) is 0 Å². The molecule has 0 aromatic carbocycles. The zero-order valence-corrected chi connectivity index (χ0v) is 12.8. The summed E-state index contributed by atoms with van der Waals surface area (Å²) < 4.78 is 0. The molecule has 0 saturated carbocycles. The minimum atomic E-state index is 0.179. The lowest BCUT2D eigenvalue weighted by Gasteiger charge is -2.47. The molecule has 1 aliphatic rings. The average molecular weight is 277 g/mol. The van der Waals surface area contributed by atoms with Crippen LogP contribution in [0.15, 0.2) is 18.5 Å². The molecule has 0 bridgehead atoms. The Morgan fingerprint density at radius 2 is 1.80 bits per heavy atom. The number of nitrogens with zero attached hydrogens (tertiary/aromatic N) is 4. The lowest BCUT2D eigenvalue weighted by molar-refractivity contribution is 0.0731. The number of rotatable bonds is 6. The molecule has 1 unspecified atom stereocenters. The maximum absolute atomic E-state index is 6.10. The van der Waals surface area contributed by atoms with Crippen LogP contribution in [0.1, 0.15) is 33.1 Å². The number of hydrogen-bond acceptors (Lipinski definition) is 5. The average Bonchev–Trinajstić information content (AvgIpc) is 2.54. The van der Waals surface area contributed by atoms with Crippen LogP contribution in [0.4, 0.5) is 5.95 Å². The van der Waals surface area contributed by atoms with Gasteiger partial charge < -0.3 is 10.6 Å². The van der Waals surface area contributed by atoms with E-state index in [1.165, 1.54) is 12.8 Å². The predicted molar refractivity (Wildman–Crippen MR) is 82.8 cm³/mol. The summed E-state index contributed by atoms with van der Waals surface area (Å²) in [5.74, 6) is 0.845. The fraction of sp³-hybridized carbons (Fsp3) is 0.733. The van der Waals surface area contributed by atoms with E-state index in [-0.39, 0.29) is 5.54 Å². The lowest BCUT2D eigenvalue weighted by atomic mass is 9.88. The van der Waals surface area contributed by atoms with Gasteiger partial charge in [-0.2, -0.15) is 0 Å². The fourth-order valence-electron chi connectivity index (χ4n) is 3.23. The fourth-order valence-corrected chi connectivity index (χ4v) is 3.23. The Morgan fingerprint density at radius 1 is 1.15 bits per heavy atom. The van der Waals surface area contributed by atoms with Crippen molar-refractivity contribution >= 4 is 5.95 Å². The van der Waals surface area contributed by atoms with E-state index in [2.05, 4.69) is 33.6 Å². The van der Waals surface area contributed by atoms with E-state index in [4.69, 9.17) is 5.73 Å². The van der Waals surface area contributed by atoms with Crippen molar-refractivity contribution in [1.82, 2.24) is 14.9 Å². The number of nitrogens with two attached hydrogens (primary N) is 1. The van der Waals surface area contributed by atoms with Crippen molar-refractivity contribution in [1.29, 1.82) is 0 Å². The van der Waals surface area contributed by atoms with Crippen molar-refractivity contribution < 1.29 is 0 Å². The van der Waals surface area contributed by atoms with Gasteiger partial charge in [-0.05, 0) is 18.9 Å². The van der Waals surface area contributed by atoms with Crippen LogP contribution < -0.4 is 10.6 Å². The third-order valence-corrected chi connectivity index (χ3v) is 4.54. The molecule has 2 N–H and O–H groups in total. The van der Waals surface area contributed by atoms with E-state index in [9.17, 15) is 0 Å². The van der Waals surface area contributed by atoms with Gasteiger partial charge in [-0.15, -0.1) is 0 Å². The second kappa shape index (κ2) is 6.99. The van der Waals surface area contributed by atoms with Gasteiger partial charge in [0.05, 0.1) is 0 Å². The Labute approximate surface area is 122 Å². The molecule has 20 heavy (non-hydrogen) atoms. The van der Waals surface area contributed by atoms with Crippen molar-refractivity contribution in [2.75, 3.05) is 37.6 Å². The van der Waals surface area contributed by atoms with Crippen molar-refractivity contribution in [3.05, 3.63) is 18.5 Å². The normalized spacial score (nSPS) is 19.9. The molecule has 1 fully saturated rings. The molecule has 1 aromatic rings. The first-order chi connectivity index (χ1) is 9.75. The predicted octanol–water partition coefficient (Wildman–Crippen LogP) is 1.51. The highest BCUT2D eigenvalue weighted by molar-refractivity contribution is 5.29. The van der Waals surface area contributed by atoms with E-state index in [1.54, 1.807) is 0 Å². The van der Waals surface area contributed by atoms with Crippen LogP contribution in [0.25, 0.3) is 0 Å². The summed E-state index contributed by atoms with van der Waals surface area (Å²) in [4.78, 5) is 13.5. The highest BCUT2D eigenvalue weighted by Gasteiger charge is 2.35. The van der Waals surface area contributed by atoms with Gasteiger partial charge >= 0.3 is 0 Å². The van der Waals surface area contributed by atoms with Crippen LogP contribution in [0, 0.1) is 0 Å². The monoisotopic (exact) mass is 277 g/mol. The Kier molecular flexibility index (Phi) is 5.31. The number of aromatic nitrogens is 2. The SMILES string of the molecule is CCCC(CC)(CN)N1CCN(c2ncccn2)CC1. The Balaban J connectivity index is 1.99. The highest BCUT2D eigenvalue weighted by atomic mass is 15.3. The lowest BCUT2D eigenvalue weighted by Crippen LogP contribution is -2.60. The summed E-state index contributed by atoms with van der Waals surface area (Å²) in [5.41, 5.74) is 6.28. The first kappa shape index (κ1) is 15.2. The quantitative estimate of drug-likeness (QED) is 0.854. The number of anilines is 1. The van der Waals surface area contributed by atoms with Crippen molar-refractivity contribution in [3.8, 4) is 0 Å². The van der Waals surface area contributed by atoms with Crippen molar-refractivity contribution in [2.24, 2.45) is 5.73 Å². The molecule has 2 rings (SSSR count). The molecule has 1 aliphatic heterocycles. The van der Waals surface area contributed by atoms with E-state index in [0.29, 0.717) is 0 Å². The molecule has 1 atom stereocenters. The van der Waals surface area contributed by atoms with Crippen LogP contribution in [-0.4, -0.2) is 53.1 Å². The Bertz CT molecular complexity index is 383. The first-order valence-corrected chi connectivity index (χ1v) is 7.73. The van der Waals surface area contributed by atoms with Gasteiger partial charge in [-0.3, -0.25) is 4.90 Å². The molecule has 2 heterocycles. The van der Waals surface area contributed by atoms with Crippen molar-refractivity contribution in [3.63, 3.8) is 0 Å². The van der Waals surface area contributed by atoms with Crippen LogP contribution in [-0.2, 0) is 0 Å². The van der Waals surface area contributed by atoms with Gasteiger partial charge in [0, 0.05) is 50.7 Å². The van der Waals surface area contributed by atoms with Crippen molar-refractivity contribution in [2.45, 2.75) is 38.6 Å². The standard InChI is InChI=1S/C15H27N5/c1-3-6-15(4-2,13-16)20-11-9-19(10-12-20)14-17-7-5-8-18-14/h5,7-8H,3-4,6,9-13,16H2,1-2H3. The van der Waals surface area contributed by atoms with Crippen LogP contribution in [0.3, 0.4) is 0 Å². The zero-order valence-electron chi connectivity index (χ0n) is 12.8. The third-order valence-electron chi connectivity index (χ3n) is 4.54. The minimum Gasteiger partial charge on any atom is -0.338 e. The Morgan fingerprint density at radius 3 is 2.30 bits per heavy atom. The first-order valence-electron chi connectivity index (χ1n) is 7.73. The summed E-state index contributed by atoms with van der Waals surface area (Å²) in [7, 11) is 0. The maximum Gasteiger partial charge on any atom is 0.225 e. The number of hydrogen-bond donors (Lipinski definition) is 1. The molecular weight excluding hydrogens is 250 g/mol. The second-order valence-electron chi connectivity index (χ2n) is 5.55. The number of piperazine rings is 1. The maximum atomic E-state index is 6.10. The van der Waals surface area contributed by atoms with Gasteiger partial charge in [-0.1, -0.05) is 20.3 Å². The molecule has 112 valence electrons. The summed E-state index contributed by atoms with van der Waals surface area (Å²) in [6.45, 7) is 9.31. The highest BCUT2D eigenvalue weighted by Crippen LogP contribution is 2.26. The molecule has 1 aromatic heterocycles. The third kappa shape index (κ3) is 3.10. The minimum absolute atomic E-state index is 0.179. The molecule has 0 radical (unpaired) electrons. The molecule has 0 spiro atoms. The molecular formula is C15H27N5. The zero-order chi connectivity index (χ0) is 14.4. The summed E-state index contributed by atoms with van der Waals surface area (Å²) >= 11 is 0. The topological polar surface area (TPSA) is 58.3 Å². The van der Waals surface area contributed by atoms with E-state index in [0.717, 1.165) is 45.1 Å². The summed E-state index contributed by atoms with van der Waals surface area (Å²) in [5, 5.41) is 0. The summed E-state index contributed by atoms with van der Waals surface area (Å²) in [6, 6.07) is 1.86. The van der Waals surface area contributed by atoms with Crippen LogP contribution >= 0.6 is 0 Å². The molecule has 1 saturated heterocycles. The van der Waals surface area contributed by atoms with E-state index in [1.807, 2.05) is 18.5 Å². The molecule has 0 amide bonds. The molecule has 5 nitrogen and oxygen atoms in total. The second-order valence-corrected chi connectivity index (χ2v) is 5.55. The van der Waals surface area contributed by atoms with Gasteiger partial charge in [0.1, 0.15) is 0 Å². The Hall–Kier alpha value is -1.20. The van der Waals surface area contributed by atoms with Gasteiger partial charge in [0.25, 0.3) is 0 Å². The van der Waals surface area contributed by atoms with E-state index < -0.39 is 0 Å². The largest absolute Gasteiger partial charge is 0.338 e. The van der Waals surface area contributed by atoms with Crippen LogP contribution in [0.5, 0.6) is 0 Å². The molecule has 0 aliphatic carbocycles. The summed E-state index contributed by atoms with van der Waals surface area (Å²) in [6.07, 6.45) is 7.11. The van der Waals surface area contributed by atoms with E-state index >= 15 is 0 Å². The molecule has 5 heteroatoms.